The standard InChI is InChI=1S/C19H19NO3/c1-13-7-6-12-20(13)18(21)16-10-4-2-8-14(16)15-9-3-5-11-17(15)19(22)23/h2-5,8-11,13H,6-7,12H2,1H3,(H,22,23). The van der Waals surface area contributed by atoms with Crippen molar-refractivity contribution in [1.29, 1.82) is 0 Å². The van der Waals surface area contributed by atoms with E-state index in [4.69, 9.17) is 0 Å². The Morgan fingerprint density at radius 2 is 1.57 bits per heavy atom. The number of carboxylic acid groups (broad SMARTS) is 1. The van der Waals surface area contributed by atoms with Crippen LogP contribution in [0.15, 0.2) is 48.5 Å². The number of carbonyl (C=O) groups excluding carboxylic acids is 1. The molecule has 118 valence electrons. The van der Waals surface area contributed by atoms with Gasteiger partial charge in [-0.2, -0.15) is 0 Å². The van der Waals surface area contributed by atoms with Crippen LogP contribution in [0.5, 0.6) is 0 Å². The molecule has 1 aliphatic rings. The van der Waals surface area contributed by atoms with Crippen LogP contribution in [0.2, 0.25) is 0 Å². The molecule has 1 atom stereocenters. The zero-order valence-corrected chi connectivity index (χ0v) is 13.0. The van der Waals surface area contributed by atoms with E-state index in [1.54, 1.807) is 30.3 Å². The van der Waals surface area contributed by atoms with Gasteiger partial charge in [0.25, 0.3) is 5.91 Å². The Hall–Kier alpha value is -2.62. The lowest BCUT2D eigenvalue weighted by molar-refractivity contribution is 0.0695. The zero-order valence-electron chi connectivity index (χ0n) is 13.0. The van der Waals surface area contributed by atoms with Crippen molar-refractivity contribution in [2.75, 3.05) is 6.54 Å². The molecule has 0 radical (unpaired) electrons. The van der Waals surface area contributed by atoms with Gasteiger partial charge in [0, 0.05) is 18.2 Å². The maximum absolute atomic E-state index is 12.9. The van der Waals surface area contributed by atoms with Crippen LogP contribution in [-0.4, -0.2) is 34.5 Å². The average molecular weight is 309 g/mol. The number of benzene rings is 2. The molecule has 1 heterocycles. The van der Waals surface area contributed by atoms with Gasteiger partial charge < -0.3 is 10.0 Å². The molecule has 1 saturated heterocycles. The molecule has 2 aromatic rings. The topological polar surface area (TPSA) is 57.6 Å². The second-order valence-corrected chi connectivity index (χ2v) is 5.89. The Morgan fingerprint density at radius 1 is 1.00 bits per heavy atom. The van der Waals surface area contributed by atoms with Crippen molar-refractivity contribution in [2.45, 2.75) is 25.8 Å². The fourth-order valence-corrected chi connectivity index (χ4v) is 3.20. The molecule has 1 N–H and O–H groups in total. The summed E-state index contributed by atoms with van der Waals surface area (Å²) in [6.07, 6.45) is 2.03. The van der Waals surface area contributed by atoms with E-state index < -0.39 is 5.97 Å². The second kappa shape index (κ2) is 6.24. The van der Waals surface area contributed by atoms with Gasteiger partial charge in [-0.1, -0.05) is 36.4 Å². The predicted molar refractivity (Wildman–Crippen MR) is 88.6 cm³/mol. The molecule has 3 rings (SSSR count). The average Bonchev–Trinajstić information content (AvgIpc) is 3.00. The number of carboxylic acids is 1. The van der Waals surface area contributed by atoms with E-state index in [1.165, 1.54) is 0 Å². The number of hydrogen-bond acceptors (Lipinski definition) is 2. The lowest BCUT2D eigenvalue weighted by Crippen LogP contribution is -2.33. The Bertz CT molecular complexity index is 754. The van der Waals surface area contributed by atoms with Crippen molar-refractivity contribution in [3.05, 3.63) is 59.7 Å². The summed E-state index contributed by atoms with van der Waals surface area (Å²) in [5.74, 6) is -1.01. The van der Waals surface area contributed by atoms with Crippen LogP contribution >= 0.6 is 0 Å². The van der Waals surface area contributed by atoms with Crippen molar-refractivity contribution in [3.63, 3.8) is 0 Å². The van der Waals surface area contributed by atoms with Crippen molar-refractivity contribution in [2.24, 2.45) is 0 Å². The van der Waals surface area contributed by atoms with E-state index in [9.17, 15) is 14.7 Å². The van der Waals surface area contributed by atoms with Crippen LogP contribution in [0.1, 0.15) is 40.5 Å². The highest BCUT2D eigenvalue weighted by atomic mass is 16.4. The monoisotopic (exact) mass is 309 g/mol. The first-order chi connectivity index (χ1) is 11.1. The molecule has 0 aliphatic carbocycles. The van der Waals surface area contributed by atoms with Crippen molar-refractivity contribution >= 4 is 11.9 Å². The van der Waals surface area contributed by atoms with Gasteiger partial charge in [0.15, 0.2) is 0 Å². The molecule has 4 heteroatoms. The van der Waals surface area contributed by atoms with Gasteiger partial charge in [-0.3, -0.25) is 4.79 Å². The molecular weight excluding hydrogens is 290 g/mol. The molecular formula is C19H19NO3. The summed E-state index contributed by atoms with van der Waals surface area (Å²) in [5, 5.41) is 9.41. The van der Waals surface area contributed by atoms with E-state index in [0.717, 1.165) is 19.4 Å². The van der Waals surface area contributed by atoms with Crippen LogP contribution in [0, 0.1) is 0 Å². The van der Waals surface area contributed by atoms with Gasteiger partial charge in [0.05, 0.1) is 5.56 Å². The van der Waals surface area contributed by atoms with Crippen LogP contribution in [0.4, 0.5) is 0 Å². The summed E-state index contributed by atoms with van der Waals surface area (Å²) in [6, 6.07) is 14.3. The molecule has 1 fully saturated rings. The molecule has 23 heavy (non-hydrogen) atoms. The molecule has 1 unspecified atom stereocenters. The molecule has 0 saturated carbocycles. The number of likely N-dealkylation sites (tertiary alicyclic amines) is 1. The maximum Gasteiger partial charge on any atom is 0.336 e. The lowest BCUT2D eigenvalue weighted by Gasteiger charge is -2.23. The molecule has 4 nitrogen and oxygen atoms in total. The van der Waals surface area contributed by atoms with Crippen LogP contribution < -0.4 is 0 Å². The fraction of sp³-hybridized carbons (Fsp3) is 0.263. The summed E-state index contributed by atoms with van der Waals surface area (Å²) in [4.78, 5) is 26.3. The number of hydrogen-bond donors (Lipinski definition) is 1. The lowest BCUT2D eigenvalue weighted by atomic mass is 9.94. The normalized spacial score (nSPS) is 17.3. The van der Waals surface area contributed by atoms with Crippen molar-refractivity contribution in [1.82, 2.24) is 4.90 Å². The van der Waals surface area contributed by atoms with Gasteiger partial charge in [-0.15, -0.1) is 0 Å². The highest BCUT2D eigenvalue weighted by molar-refractivity contribution is 6.04. The van der Waals surface area contributed by atoms with Gasteiger partial charge in [-0.05, 0) is 43.0 Å². The summed E-state index contributed by atoms with van der Waals surface area (Å²) >= 11 is 0. The first kappa shape index (κ1) is 15.3. The summed E-state index contributed by atoms with van der Waals surface area (Å²) in [7, 11) is 0. The van der Waals surface area contributed by atoms with Gasteiger partial charge >= 0.3 is 5.97 Å². The maximum atomic E-state index is 12.9. The highest BCUT2D eigenvalue weighted by Crippen LogP contribution is 2.30. The van der Waals surface area contributed by atoms with Gasteiger partial charge in [0.2, 0.25) is 0 Å². The molecule has 0 spiro atoms. The third kappa shape index (κ3) is 2.84. The number of nitrogens with zero attached hydrogens (tertiary/aromatic N) is 1. The SMILES string of the molecule is CC1CCCN1C(=O)c1ccccc1-c1ccccc1C(=O)O. The highest BCUT2D eigenvalue weighted by Gasteiger charge is 2.28. The van der Waals surface area contributed by atoms with E-state index in [0.29, 0.717) is 16.7 Å². The fourth-order valence-electron chi connectivity index (χ4n) is 3.20. The minimum absolute atomic E-state index is 0.0224. The molecule has 0 aromatic heterocycles. The van der Waals surface area contributed by atoms with Crippen LogP contribution in [-0.2, 0) is 0 Å². The van der Waals surface area contributed by atoms with Gasteiger partial charge in [-0.25, -0.2) is 4.79 Å². The Balaban J connectivity index is 2.09. The largest absolute Gasteiger partial charge is 0.478 e. The molecule has 2 aromatic carbocycles. The van der Waals surface area contributed by atoms with Crippen molar-refractivity contribution in [3.8, 4) is 11.1 Å². The number of rotatable bonds is 3. The minimum Gasteiger partial charge on any atom is -0.478 e. The number of aromatic carboxylic acids is 1. The number of carbonyl (C=O) groups is 2. The summed E-state index contributed by atoms with van der Waals surface area (Å²) in [5.41, 5.74) is 2.03. The van der Waals surface area contributed by atoms with E-state index in [2.05, 4.69) is 6.92 Å². The molecule has 1 aliphatic heterocycles. The zero-order chi connectivity index (χ0) is 16.4. The number of amides is 1. The molecule has 1 amide bonds. The Morgan fingerprint density at radius 3 is 2.13 bits per heavy atom. The van der Waals surface area contributed by atoms with Crippen molar-refractivity contribution < 1.29 is 14.7 Å². The first-order valence-electron chi connectivity index (χ1n) is 7.82. The van der Waals surface area contributed by atoms with E-state index in [-0.39, 0.29) is 17.5 Å². The van der Waals surface area contributed by atoms with Gasteiger partial charge in [0.1, 0.15) is 0 Å². The summed E-state index contributed by atoms with van der Waals surface area (Å²) < 4.78 is 0. The second-order valence-electron chi connectivity index (χ2n) is 5.89. The third-order valence-corrected chi connectivity index (χ3v) is 4.42. The Labute approximate surface area is 135 Å². The molecule has 0 bridgehead atoms. The van der Waals surface area contributed by atoms with E-state index >= 15 is 0 Å². The first-order valence-corrected chi connectivity index (χ1v) is 7.82. The summed E-state index contributed by atoms with van der Waals surface area (Å²) in [6.45, 7) is 2.81. The van der Waals surface area contributed by atoms with Crippen LogP contribution in [0.3, 0.4) is 0 Å². The third-order valence-electron chi connectivity index (χ3n) is 4.42. The minimum atomic E-state index is -0.989. The van der Waals surface area contributed by atoms with Crippen LogP contribution in [0.25, 0.3) is 11.1 Å². The van der Waals surface area contributed by atoms with E-state index in [1.807, 2.05) is 23.1 Å². The Kier molecular flexibility index (Phi) is 4.15. The quantitative estimate of drug-likeness (QED) is 0.941. The smallest absolute Gasteiger partial charge is 0.336 e. The predicted octanol–water partition coefficient (Wildman–Crippen LogP) is 3.68.